The topological polar surface area (TPSA) is 84.3 Å². The number of carboxylic acid groups (broad SMARTS) is 1. The van der Waals surface area contributed by atoms with Gasteiger partial charge in [-0.15, -0.1) is 0 Å². The molecule has 0 bridgehead atoms. The molecule has 7 heteroatoms. The van der Waals surface area contributed by atoms with E-state index in [9.17, 15) is 9.90 Å². The minimum absolute atomic E-state index is 0.181. The van der Waals surface area contributed by atoms with E-state index < -0.39 is 11.4 Å². The Balaban J connectivity index is 2.88. The predicted octanol–water partition coefficient (Wildman–Crippen LogP) is 2.44. The monoisotopic (exact) mass is 287 g/mol. The molecule has 0 spiro atoms. The zero-order valence-corrected chi connectivity index (χ0v) is 12.0. The molecular formula is C12H18ClN3O3. The molecule has 0 radical (unpaired) electrons. The summed E-state index contributed by atoms with van der Waals surface area (Å²) in [4.78, 5) is 19.3. The van der Waals surface area contributed by atoms with Crippen LogP contribution in [0.5, 0.6) is 6.01 Å². The molecule has 2 N–H and O–H groups in total. The summed E-state index contributed by atoms with van der Waals surface area (Å²) in [6.07, 6.45) is 2.45. The van der Waals surface area contributed by atoms with Crippen molar-refractivity contribution in [2.75, 3.05) is 19.0 Å². The number of anilines is 1. The number of ether oxygens (including phenoxy) is 1. The summed E-state index contributed by atoms with van der Waals surface area (Å²) in [6, 6.07) is 0.181. The standard InChI is InChI=1S/C12H18ClN3O3/c1-4-12(5-2,10(17)18)7-15-9-8(13)6-14-11(16-9)19-3/h6H,4-5,7H2,1-3H3,(H,17,18)(H,14,15,16). The first-order valence-corrected chi connectivity index (χ1v) is 6.40. The van der Waals surface area contributed by atoms with Gasteiger partial charge in [-0.25, -0.2) is 4.98 Å². The van der Waals surface area contributed by atoms with E-state index >= 15 is 0 Å². The van der Waals surface area contributed by atoms with Crippen molar-refractivity contribution < 1.29 is 14.6 Å². The first kappa shape index (κ1) is 15.5. The van der Waals surface area contributed by atoms with Gasteiger partial charge in [0.05, 0.1) is 18.7 Å². The highest BCUT2D eigenvalue weighted by Crippen LogP contribution is 2.28. The first-order valence-electron chi connectivity index (χ1n) is 6.03. The van der Waals surface area contributed by atoms with Gasteiger partial charge in [0.2, 0.25) is 0 Å². The molecule has 106 valence electrons. The summed E-state index contributed by atoms with van der Waals surface area (Å²) in [5.74, 6) is -0.455. The van der Waals surface area contributed by atoms with E-state index in [1.807, 2.05) is 13.8 Å². The number of nitrogens with one attached hydrogen (secondary N) is 1. The average Bonchev–Trinajstić information content (AvgIpc) is 2.42. The van der Waals surface area contributed by atoms with Crippen molar-refractivity contribution in [1.29, 1.82) is 0 Å². The number of methoxy groups -OCH3 is 1. The Bertz CT molecular complexity index is 450. The van der Waals surface area contributed by atoms with Crippen LogP contribution in [0.1, 0.15) is 26.7 Å². The fraction of sp³-hybridized carbons (Fsp3) is 0.583. The maximum absolute atomic E-state index is 11.4. The van der Waals surface area contributed by atoms with E-state index in [2.05, 4.69) is 15.3 Å². The molecule has 0 amide bonds. The maximum Gasteiger partial charge on any atom is 0.318 e. The molecule has 0 fully saturated rings. The largest absolute Gasteiger partial charge is 0.481 e. The summed E-state index contributed by atoms with van der Waals surface area (Å²) in [6.45, 7) is 3.94. The number of aromatic nitrogens is 2. The van der Waals surface area contributed by atoms with Gasteiger partial charge in [-0.05, 0) is 12.8 Å². The van der Waals surface area contributed by atoms with Crippen molar-refractivity contribution in [3.63, 3.8) is 0 Å². The lowest BCUT2D eigenvalue weighted by Gasteiger charge is -2.27. The van der Waals surface area contributed by atoms with E-state index in [0.29, 0.717) is 23.7 Å². The lowest BCUT2D eigenvalue weighted by Crippen LogP contribution is -2.37. The van der Waals surface area contributed by atoms with E-state index in [4.69, 9.17) is 16.3 Å². The average molecular weight is 288 g/mol. The molecule has 1 aromatic heterocycles. The number of hydrogen-bond donors (Lipinski definition) is 2. The Morgan fingerprint density at radius 3 is 2.63 bits per heavy atom. The lowest BCUT2D eigenvalue weighted by atomic mass is 9.82. The third-order valence-electron chi connectivity index (χ3n) is 3.31. The van der Waals surface area contributed by atoms with Crippen molar-refractivity contribution in [3.05, 3.63) is 11.2 Å². The van der Waals surface area contributed by atoms with Crippen LogP contribution in [-0.4, -0.2) is 34.7 Å². The summed E-state index contributed by atoms with van der Waals surface area (Å²) >= 11 is 5.96. The van der Waals surface area contributed by atoms with Crippen molar-refractivity contribution >= 4 is 23.4 Å². The molecular weight excluding hydrogens is 270 g/mol. The Morgan fingerprint density at radius 1 is 1.53 bits per heavy atom. The zero-order valence-electron chi connectivity index (χ0n) is 11.2. The number of carboxylic acids is 1. The van der Waals surface area contributed by atoms with Crippen LogP contribution in [0, 0.1) is 5.41 Å². The normalized spacial score (nSPS) is 11.2. The van der Waals surface area contributed by atoms with Gasteiger partial charge in [-0.2, -0.15) is 4.98 Å². The maximum atomic E-state index is 11.4. The Labute approximate surface area is 117 Å². The van der Waals surface area contributed by atoms with E-state index in [1.165, 1.54) is 13.3 Å². The van der Waals surface area contributed by atoms with Crippen molar-refractivity contribution in [2.24, 2.45) is 5.41 Å². The third-order valence-corrected chi connectivity index (χ3v) is 3.58. The van der Waals surface area contributed by atoms with Gasteiger partial charge in [0.15, 0.2) is 5.82 Å². The zero-order chi connectivity index (χ0) is 14.5. The molecule has 0 saturated heterocycles. The molecule has 0 saturated carbocycles. The second kappa shape index (κ2) is 6.56. The molecule has 19 heavy (non-hydrogen) atoms. The molecule has 0 unspecified atom stereocenters. The highest BCUT2D eigenvalue weighted by atomic mass is 35.5. The molecule has 1 aromatic rings. The van der Waals surface area contributed by atoms with Gasteiger partial charge in [0.25, 0.3) is 0 Å². The van der Waals surface area contributed by atoms with Crippen molar-refractivity contribution in [2.45, 2.75) is 26.7 Å². The summed E-state index contributed by atoms with van der Waals surface area (Å²) in [7, 11) is 1.45. The molecule has 6 nitrogen and oxygen atoms in total. The lowest BCUT2D eigenvalue weighted by molar-refractivity contribution is -0.148. The molecule has 0 aromatic carbocycles. The molecule has 1 heterocycles. The quantitative estimate of drug-likeness (QED) is 0.801. The number of rotatable bonds is 7. The van der Waals surface area contributed by atoms with Crippen LogP contribution in [0.3, 0.4) is 0 Å². The Morgan fingerprint density at radius 2 is 2.16 bits per heavy atom. The van der Waals surface area contributed by atoms with Crippen LogP contribution in [0.25, 0.3) is 0 Å². The van der Waals surface area contributed by atoms with Gasteiger partial charge in [-0.3, -0.25) is 4.79 Å². The van der Waals surface area contributed by atoms with E-state index in [1.54, 1.807) is 0 Å². The fourth-order valence-electron chi connectivity index (χ4n) is 1.70. The van der Waals surface area contributed by atoms with Gasteiger partial charge in [0, 0.05) is 6.54 Å². The summed E-state index contributed by atoms with van der Waals surface area (Å²) in [5, 5.41) is 12.6. The van der Waals surface area contributed by atoms with Crippen LogP contribution in [0.4, 0.5) is 5.82 Å². The van der Waals surface area contributed by atoms with E-state index in [0.717, 1.165) is 0 Å². The predicted molar refractivity (Wildman–Crippen MR) is 72.7 cm³/mol. The summed E-state index contributed by atoms with van der Waals surface area (Å²) < 4.78 is 4.90. The van der Waals surface area contributed by atoms with Gasteiger partial charge in [-0.1, -0.05) is 25.4 Å². The van der Waals surface area contributed by atoms with Gasteiger partial charge >= 0.3 is 12.0 Å². The molecule has 0 aliphatic heterocycles. The Hall–Kier alpha value is -1.56. The van der Waals surface area contributed by atoms with Crippen LogP contribution in [0.15, 0.2) is 6.20 Å². The van der Waals surface area contributed by atoms with Crippen LogP contribution in [-0.2, 0) is 4.79 Å². The highest BCUT2D eigenvalue weighted by molar-refractivity contribution is 6.32. The minimum atomic E-state index is -0.832. The smallest absolute Gasteiger partial charge is 0.318 e. The summed E-state index contributed by atoms with van der Waals surface area (Å²) in [5.41, 5.74) is -0.832. The first-order chi connectivity index (χ1) is 8.99. The number of halogens is 1. The minimum Gasteiger partial charge on any atom is -0.481 e. The van der Waals surface area contributed by atoms with Gasteiger partial charge in [0.1, 0.15) is 5.02 Å². The number of nitrogens with zero attached hydrogens (tertiary/aromatic N) is 2. The SMILES string of the molecule is CCC(CC)(CNc1nc(OC)ncc1Cl)C(=O)O. The second-order valence-corrected chi connectivity index (χ2v) is 4.61. The Kier molecular flexibility index (Phi) is 5.35. The van der Waals surface area contributed by atoms with Crippen LogP contribution < -0.4 is 10.1 Å². The van der Waals surface area contributed by atoms with Crippen LogP contribution in [0.2, 0.25) is 5.02 Å². The third kappa shape index (κ3) is 3.47. The second-order valence-electron chi connectivity index (χ2n) is 4.20. The fourth-order valence-corrected chi connectivity index (χ4v) is 1.86. The van der Waals surface area contributed by atoms with E-state index in [-0.39, 0.29) is 12.6 Å². The molecule has 1 rings (SSSR count). The van der Waals surface area contributed by atoms with Crippen molar-refractivity contribution in [1.82, 2.24) is 9.97 Å². The van der Waals surface area contributed by atoms with Gasteiger partial charge < -0.3 is 15.2 Å². The number of aliphatic carboxylic acids is 1. The molecule has 0 aliphatic rings. The highest BCUT2D eigenvalue weighted by Gasteiger charge is 2.34. The van der Waals surface area contributed by atoms with Crippen LogP contribution >= 0.6 is 11.6 Å². The number of hydrogen-bond acceptors (Lipinski definition) is 5. The van der Waals surface area contributed by atoms with Crippen molar-refractivity contribution in [3.8, 4) is 6.01 Å². The molecule has 0 atom stereocenters. The number of carbonyl (C=O) groups is 1. The molecule has 0 aliphatic carbocycles.